The molecule has 0 amide bonds. The number of hydrogen-bond acceptors (Lipinski definition) is 3. The number of ether oxygens (including phenoxy) is 1. The molecule has 1 heterocycles. The summed E-state index contributed by atoms with van der Waals surface area (Å²) < 4.78 is 5.50. The topological polar surface area (TPSA) is 32.7 Å². The van der Waals surface area contributed by atoms with E-state index in [1.165, 1.54) is 5.56 Å². The molecule has 3 nitrogen and oxygen atoms in total. The van der Waals surface area contributed by atoms with Gasteiger partial charge in [0.05, 0.1) is 18.8 Å². The van der Waals surface area contributed by atoms with Gasteiger partial charge in [0.2, 0.25) is 0 Å². The molecule has 0 aromatic heterocycles. The first-order valence-electron chi connectivity index (χ1n) is 9.25. The van der Waals surface area contributed by atoms with Crippen LogP contribution in [0.3, 0.4) is 0 Å². The molecule has 1 fully saturated rings. The molecular weight excluding hydrogens is 310 g/mol. The summed E-state index contributed by atoms with van der Waals surface area (Å²) in [7, 11) is 0. The molecule has 1 saturated heterocycles. The molecule has 0 aliphatic carbocycles. The van der Waals surface area contributed by atoms with Gasteiger partial charge in [-0.2, -0.15) is 0 Å². The second kappa shape index (κ2) is 8.13. The highest BCUT2D eigenvalue weighted by molar-refractivity contribution is 5.32. The predicted octanol–water partition coefficient (Wildman–Crippen LogP) is 3.65. The third-order valence-corrected chi connectivity index (χ3v) is 5.39. The summed E-state index contributed by atoms with van der Waals surface area (Å²) in [5.74, 6) is 0.107. The first-order chi connectivity index (χ1) is 12.1. The predicted molar refractivity (Wildman–Crippen MR) is 102 cm³/mol. The molecule has 25 heavy (non-hydrogen) atoms. The van der Waals surface area contributed by atoms with Crippen molar-refractivity contribution in [1.82, 2.24) is 4.90 Å². The molecule has 2 aromatic carbocycles. The van der Waals surface area contributed by atoms with Crippen LogP contribution in [-0.2, 0) is 10.3 Å². The highest BCUT2D eigenvalue weighted by Crippen LogP contribution is 2.43. The van der Waals surface area contributed by atoms with Gasteiger partial charge in [-0.15, -0.1) is 0 Å². The number of hydrogen-bond donors (Lipinski definition) is 1. The van der Waals surface area contributed by atoms with Crippen LogP contribution >= 0.6 is 0 Å². The van der Waals surface area contributed by atoms with Crippen LogP contribution in [-0.4, -0.2) is 42.9 Å². The minimum Gasteiger partial charge on any atom is -0.384 e. The van der Waals surface area contributed by atoms with E-state index in [0.717, 1.165) is 38.4 Å². The van der Waals surface area contributed by atoms with Crippen LogP contribution in [0.4, 0.5) is 0 Å². The zero-order valence-corrected chi connectivity index (χ0v) is 15.3. The third kappa shape index (κ3) is 3.95. The summed E-state index contributed by atoms with van der Waals surface area (Å²) in [6.45, 7) is 8.44. The molecule has 3 rings (SSSR count). The Bertz CT molecular complexity index is 638. The highest BCUT2D eigenvalue weighted by atomic mass is 16.5. The van der Waals surface area contributed by atoms with E-state index in [1.54, 1.807) is 0 Å². The Hall–Kier alpha value is -1.68. The maximum absolute atomic E-state index is 11.9. The van der Waals surface area contributed by atoms with Gasteiger partial charge in [0.25, 0.3) is 0 Å². The van der Waals surface area contributed by atoms with Gasteiger partial charge in [-0.3, -0.25) is 4.90 Å². The Labute approximate surface area is 151 Å². The number of aliphatic hydroxyl groups is 1. The van der Waals surface area contributed by atoms with Crippen molar-refractivity contribution in [2.24, 2.45) is 5.92 Å². The van der Waals surface area contributed by atoms with E-state index in [9.17, 15) is 5.11 Å². The first kappa shape index (κ1) is 18.1. The quantitative estimate of drug-likeness (QED) is 0.872. The fourth-order valence-electron chi connectivity index (χ4n) is 3.87. The lowest BCUT2D eigenvalue weighted by molar-refractivity contribution is -0.0547. The van der Waals surface area contributed by atoms with Crippen LogP contribution < -0.4 is 0 Å². The van der Waals surface area contributed by atoms with Crippen molar-refractivity contribution in [3.05, 3.63) is 71.8 Å². The van der Waals surface area contributed by atoms with Crippen LogP contribution in [0.1, 0.15) is 30.9 Å². The Morgan fingerprint density at radius 2 is 1.52 bits per heavy atom. The van der Waals surface area contributed by atoms with E-state index >= 15 is 0 Å². The summed E-state index contributed by atoms with van der Waals surface area (Å²) in [5, 5.41) is 11.9. The van der Waals surface area contributed by atoms with Gasteiger partial charge >= 0.3 is 0 Å². The van der Waals surface area contributed by atoms with E-state index in [2.05, 4.69) is 55.1 Å². The largest absolute Gasteiger partial charge is 0.384 e. The van der Waals surface area contributed by atoms with E-state index in [0.29, 0.717) is 0 Å². The highest BCUT2D eigenvalue weighted by Gasteiger charge is 2.42. The smallest absolute Gasteiger partial charge is 0.0999 e. The minimum atomic E-state index is -0.916. The maximum Gasteiger partial charge on any atom is 0.0999 e. The lowest BCUT2D eigenvalue weighted by Gasteiger charge is -2.43. The monoisotopic (exact) mass is 339 g/mol. The zero-order chi connectivity index (χ0) is 17.7. The van der Waals surface area contributed by atoms with Crippen molar-refractivity contribution in [3.63, 3.8) is 0 Å². The number of morpholine rings is 1. The first-order valence-corrected chi connectivity index (χ1v) is 9.25. The Balaban J connectivity index is 2.01. The summed E-state index contributed by atoms with van der Waals surface area (Å²) in [6.07, 6.45) is 0. The van der Waals surface area contributed by atoms with Gasteiger partial charge in [-0.05, 0) is 17.0 Å². The average Bonchev–Trinajstić information content (AvgIpc) is 2.67. The molecule has 0 unspecified atom stereocenters. The molecule has 0 bridgehead atoms. The van der Waals surface area contributed by atoms with Crippen LogP contribution in [0, 0.1) is 5.92 Å². The summed E-state index contributed by atoms with van der Waals surface area (Å²) >= 11 is 0. The van der Waals surface area contributed by atoms with Crippen LogP contribution in [0.2, 0.25) is 0 Å². The Morgan fingerprint density at radius 1 is 0.960 bits per heavy atom. The summed E-state index contributed by atoms with van der Waals surface area (Å²) in [6, 6.07) is 20.6. The van der Waals surface area contributed by atoms with Crippen molar-refractivity contribution in [2.75, 3.05) is 32.8 Å². The molecule has 0 radical (unpaired) electrons. The molecule has 2 atom stereocenters. The van der Waals surface area contributed by atoms with Crippen molar-refractivity contribution in [3.8, 4) is 0 Å². The SMILES string of the molecule is CC(C)[C@](O)(c1ccccc1)[C@H](CN1CCOCC1)c1ccccc1. The third-order valence-electron chi connectivity index (χ3n) is 5.39. The van der Waals surface area contributed by atoms with Crippen molar-refractivity contribution in [1.29, 1.82) is 0 Å². The van der Waals surface area contributed by atoms with E-state index in [-0.39, 0.29) is 11.8 Å². The molecule has 2 aromatic rings. The average molecular weight is 339 g/mol. The van der Waals surface area contributed by atoms with Crippen LogP contribution in [0.15, 0.2) is 60.7 Å². The zero-order valence-electron chi connectivity index (χ0n) is 15.3. The molecule has 0 saturated carbocycles. The molecule has 1 aliphatic rings. The van der Waals surface area contributed by atoms with Gasteiger partial charge < -0.3 is 9.84 Å². The lowest BCUT2D eigenvalue weighted by atomic mass is 9.70. The second-order valence-electron chi connectivity index (χ2n) is 7.22. The van der Waals surface area contributed by atoms with E-state index in [1.807, 2.05) is 24.3 Å². The van der Waals surface area contributed by atoms with E-state index < -0.39 is 5.60 Å². The second-order valence-corrected chi connectivity index (χ2v) is 7.22. The van der Waals surface area contributed by atoms with Crippen molar-refractivity contribution >= 4 is 0 Å². The molecule has 0 spiro atoms. The van der Waals surface area contributed by atoms with Gasteiger partial charge in [-0.1, -0.05) is 74.5 Å². The minimum absolute atomic E-state index is 0.00852. The molecule has 3 heteroatoms. The van der Waals surface area contributed by atoms with Crippen molar-refractivity contribution in [2.45, 2.75) is 25.4 Å². The van der Waals surface area contributed by atoms with Crippen LogP contribution in [0.25, 0.3) is 0 Å². The normalized spacial score (nSPS) is 19.5. The number of nitrogens with zero attached hydrogens (tertiary/aromatic N) is 1. The Kier molecular flexibility index (Phi) is 5.89. The van der Waals surface area contributed by atoms with Gasteiger partial charge in [0.1, 0.15) is 0 Å². The lowest BCUT2D eigenvalue weighted by Crippen LogP contribution is -2.47. The molecule has 1 N–H and O–H groups in total. The Morgan fingerprint density at radius 3 is 2.08 bits per heavy atom. The van der Waals surface area contributed by atoms with Gasteiger partial charge in [0, 0.05) is 25.6 Å². The fraction of sp³-hybridized carbons (Fsp3) is 0.455. The maximum atomic E-state index is 11.9. The van der Waals surface area contributed by atoms with Gasteiger partial charge in [0.15, 0.2) is 0 Å². The fourth-order valence-corrected chi connectivity index (χ4v) is 3.87. The van der Waals surface area contributed by atoms with Gasteiger partial charge in [-0.25, -0.2) is 0 Å². The standard InChI is InChI=1S/C22H29NO2/c1-18(2)22(24,20-11-7-4-8-12-20)21(19-9-5-3-6-10-19)17-23-13-15-25-16-14-23/h3-12,18,21,24H,13-17H2,1-2H3/t21-,22+/m1/s1. The molecular formula is C22H29NO2. The summed E-state index contributed by atoms with van der Waals surface area (Å²) in [5.41, 5.74) is 1.27. The van der Waals surface area contributed by atoms with Crippen LogP contribution in [0.5, 0.6) is 0 Å². The van der Waals surface area contributed by atoms with Crippen molar-refractivity contribution < 1.29 is 9.84 Å². The molecule has 1 aliphatic heterocycles. The molecule has 134 valence electrons. The number of rotatable bonds is 6. The van der Waals surface area contributed by atoms with E-state index in [4.69, 9.17) is 4.74 Å². The number of benzene rings is 2. The summed E-state index contributed by atoms with van der Waals surface area (Å²) in [4.78, 5) is 2.41.